The molecule has 96 valence electrons. The summed E-state index contributed by atoms with van der Waals surface area (Å²) >= 11 is 0. The van der Waals surface area contributed by atoms with Crippen LogP contribution in [0, 0.1) is 5.82 Å². The minimum atomic E-state index is -0.309. The Labute approximate surface area is 105 Å². The van der Waals surface area contributed by atoms with Crippen molar-refractivity contribution in [3.8, 4) is 5.75 Å². The molecule has 2 N–H and O–H groups in total. The monoisotopic (exact) mass is 249 g/mol. The fraction of sp³-hybridized carbons (Fsp3) is 0.308. The number of benzene rings is 1. The summed E-state index contributed by atoms with van der Waals surface area (Å²) in [4.78, 5) is 0. The highest BCUT2D eigenvalue weighted by molar-refractivity contribution is 5.36. The van der Waals surface area contributed by atoms with Crippen LogP contribution in [-0.2, 0) is 13.7 Å². The zero-order valence-electron chi connectivity index (χ0n) is 10.4. The van der Waals surface area contributed by atoms with Crippen LogP contribution < -0.4 is 10.5 Å². The fourth-order valence-electron chi connectivity index (χ4n) is 1.71. The summed E-state index contributed by atoms with van der Waals surface area (Å²) < 4.78 is 20.5. The number of aryl methyl sites for hydroxylation is 1. The van der Waals surface area contributed by atoms with E-state index in [1.54, 1.807) is 23.9 Å². The molecule has 5 heteroatoms. The summed E-state index contributed by atoms with van der Waals surface area (Å²) in [6.07, 6.45) is 3.60. The van der Waals surface area contributed by atoms with Gasteiger partial charge in [-0.25, -0.2) is 4.39 Å². The Morgan fingerprint density at radius 2 is 2.28 bits per heavy atom. The van der Waals surface area contributed by atoms with Crippen molar-refractivity contribution in [2.45, 2.75) is 19.6 Å². The molecule has 1 aromatic carbocycles. The summed E-state index contributed by atoms with van der Waals surface area (Å²) in [6.45, 7) is 2.19. The highest BCUT2D eigenvalue weighted by Crippen LogP contribution is 2.25. The van der Waals surface area contributed by atoms with E-state index < -0.39 is 0 Å². The van der Waals surface area contributed by atoms with Crippen LogP contribution in [0.5, 0.6) is 5.75 Å². The molecular formula is C13H16FN3O. The molecule has 1 heterocycles. The molecule has 0 bridgehead atoms. The third-order valence-corrected chi connectivity index (χ3v) is 2.62. The van der Waals surface area contributed by atoms with Gasteiger partial charge in [0.05, 0.1) is 6.20 Å². The van der Waals surface area contributed by atoms with Gasteiger partial charge in [-0.05, 0) is 25.1 Å². The molecule has 1 atom stereocenters. The number of hydrogen-bond acceptors (Lipinski definition) is 3. The summed E-state index contributed by atoms with van der Waals surface area (Å²) in [5, 5.41) is 4.05. The first-order valence-corrected chi connectivity index (χ1v) is 5.71. The van der Waals surface area contributed by atoms with Crippen LogP contribution in [-0.4, -0.2) is 9.78 Å². The summed E-state index contributed by atoms with van der Waals surface area (Å²) in [5.74, 6) is 0.297. The quantitative estimate of drug-likeness (QED) is 0.903. The van der Waals surface area contributed by atoms with E-state index in [1.165, 1.54) is 12.1 Å². The van der Waals surface area contributed by atoms with Crippen LogP contribution in [0.3, 0.4) is 0 Å². The third kappa shape index (κ3) is 2.87. The first-order valence-electron chi connectivity index (χ1n) is 5.71. The smallest absolute Gasteiger partial charge is 0.124 e. The number of rotatable bonds is 4. The van der Waals surface area contributed by atoms with Crippen LogP contribution in [0.25, 0.3) is 0 Å². The molecule has 0 fully saturated rings. The topological polar surface area (TPSA) is 53.1 Å². The van der Waals surface area contributed by atoms with E-state index in [2.05, 4.69) is 5.10 Å². The molecule has 4 nitrogen and oxygen atoms in total. The van der Waals surface area contributed by atoms with Gasteiger partial charge in [0.2, 0.25) is 0 Å². The van der Waals surface area contributed by atoms with Crippen LogP contribution in [0.1, 0.15) is 24.1 Å². The van der Waals surface area contributed by atoms with E-state index in [0.29, 0.717) is 17.9 Å². The van der Waals surface area contributed by atoms with Gasteiger partial charge < -0.3 is 10.5 Å². The standard InChI is InChI=1S/C13H16FN3O/c1-9(15)12-5-11(14)3-4-13(12)18-8-10-6-16-17(2)7-10/h3-7,9H,8,15H2,1-2H3/t9-/m0/s1. The SMILES string of the molecule is C[C@H](N)c1cc(F)ccc1OCc1cnn(C)c1. The maximum atomic E-state index is 13.1. The van der Waals surface area contributed by atoms with Crippen molar-refractivity contribution in [2.24, 2.45) is 12.8 Å². The Morgan fingerprint density at radius 1 is 1.50 bits per heavy atom. The van der Waals surface area contributed by atoms with E-state index in [1.807, 2.05) is 13.2 Å². The van der Waals surface area contributed by atoms with Crippen molar-refractivity contribution >= 4 is 0 Å². The summed E-state index contributed by atoms with van der Waals surface area (Å²) in [7, 11) is 1.84. The van der Waals surface area contributed by atoms with Gasteiger partial charge in [-0.3, -0.25) is 4.68 Å². The van der Waals surface area contributed by atoms with Crippen molar-refractivity contribution in [1.29, 1.82) is 0 Å². The summed E-state index contributed by atoms with van der Waals surface area (Å²) in [6, 6.07) is 4.10. The molecule has 0 saturated carbocycles. The Kier molecular flexibility index (Phi) is 3.62. The Hall–Kier alpha value is -1.88. The molecule has 0 unspecified atom stereocenters. The average Bonchev–Trinajstić information content (AvgIpc) is 2.73. The maximum Gasteiger partial charge on any atom is 0.124 e. The Bertz CT molecular complexity index is 537. The first-order chi connectivity index (χ1) is 8.56. The third-order valence-electron chi connectivity index (χ3n) is 2.62. The van der Waals surface area contributed by atoms with Gasteiger partial charge in [-0.15, -0.1) is 0 Å². The number of nitrogens with two attached hydrogens (primary N) is 1. The molecule has 18 heavy (non-hydrogen) atoms. The maximum absolute atomic E-state index is 13.1. The molecule has 2 rings (SSSR count). The van der Waals surface area contributed by atoms with Crippen LogP contribution >= 0.6 is 0 Å². The van der Waals surface area contributed by atoms with Crippen LogP contribution in [0.4, 0.5) is 4.39 Å². The first kappa shape index (κ1) is 12.6. The molecule has 0 saturated heterocycles. The lowest BCUT2D eigenvalue weighted by atomic mass is 10.1. The van der Waals surface area contributed by atoms with Crippen LogP contribution in [0.15, 0.2) is 30.6 Å². The summed E-state index contributed by atoms with van der Waals surface area (Å²) in [5.41, 5.74) is 7.41. The number of nitrogens with zero attached hydrogens (tertiary/aromatic N) is 2. The lowest BCUT2D eigenvalue weighted by Gasteiger charge is -2.13. The Balaban J connectivity index is 2.13. The van der Waals surface area contributed by atoms with E-state index in [-0.39, 0.29) is 11.9 Å². The Morgan fingerprint density at radius 3 is 2.89 bits per heavy atom. The van der Waals surface area contributed by atoms with Gasteiger partial charge in [0, 0.05) is 30.4 Å². The van der Waals surface area contributed by atoms with Crippen molar-refractivity contribution in [3.05, 3.63) is 47.5 Å². The molecule has 0 radical (unpaired) electrons. The van der Waals surface area contributed by atoms with Crippen molar-refractivity contribution in [3.63, 3.8) is 0 Å². The van der Waals surface area contributed by atoms with Gasteiger partial charge in [0.1, 0.15) is 18.2 Å². The van der Waals surface area contributed by atoms with E-state index >= 15 is 0 Å². The molecule has 0 spiro atoms. The highest BCUT2D eigenvalue weighted by Gasteiger charge is 2.10. The largest absolute Gasteiger partial charge is 0.488 e. The van der Waals surface area contributed by atoms with Gasteiger partial charge in [-0.2, -0.15) is 5.10 Å². The van der Waals surface area contributed by atoms with Crippen molar-refractivity contribution in [1.82, 2.24) is 9.78 Å². The molecule has 0 aliphatic rings. The van der Waals surface area contributed by atoms with Crippen LogP contribution in [0.2, 0.25) is 0 Å². The van der Waals surface area contributed by atoms with Gasteiger partial charge in [0.25, 0.3) is 0 Å². The lowest BCUT2D eigenvalue weighted by Crippen LogP contribution is -2.08. The zero-order chi connectivity index (χ0) is 13.1. The molecule has 1 aromatic heterocycles. The highest BCUT2D eigenvalue weighted by atomic mass is 19.1. The second-order valence-corrected chi connectivity index (χ2v) is 4.28. The number of halogens is 1. The molecule has 0 aliphatic heterocycles. The zero-order valence-corrected chi connectivity index (χ0v) is 10.4. The van der Waals surface area contributed by atoms with E-state index in [4.69, 9.17) is 10.5 Å². The second kappa shape index (κ2) is 5.18. The van der Waals surface area contributed by atoms with Crippen molar-refractivity contribution in [2.75, 3.05) is 0 Å². The van der Waals surface area contributed by atoms with E-state index in [9.17, 15) is 4.39 Å². The average molecular weight is 249 g/mol. The predicted molar refractivity (Wildman–Crippen MR) is 66.5 cm³/mol. The predicted octanol–water partition coefficient (Wildman–Crippen LogP) is 2.16. The number of ether oxygens (including phenoxy) is 1. The van der Waals surface area contributed by atoms with Gasteiger partial charge >= 0.3 is 0 Å². The minimum absolute atomic E-state index is 0.274. The second-order valence-electron chi connectivity index (χ2n) is 4.28. The fourth-order valence-corrected chi connectivity index (χ4v) is 1.71. The number of aromatic nitrogens is 2. The molecule has 2 aromatic rings. The van der Waals surface area contributed by atoms with Gasteiger partial charge in [0.15, 0.2) is 0 Å². The minimum Gasteiger partial charge on any atom is -0.488 e. The van der Waals surface area contributed by atoms with E-state index in [0.717, 1.165) is 5.56 Å². The molecule has 0 amide bonds. The van der Waals surface area contributed by atoms with Crippen molar-refractivity contribution < 1.29 is 9.13 Å². The molecule has 0 aliphatic carbocycles. The molecular weight excluding hydrogens is 233 g/mol. The van der Waals surface area contributed by atoms with Gasteiger partial charge in [-0.1, -0.05) is 0 Å². The number of hydrogen-bond donors (Lipinski definition) is 1. The lowest BCUT2D eigenvalue weighted by molar-refractivity contribution is 0.301. The normalized spacial score (nSPS) is 12.4.